The predicted octanol–water partition coefficient (Wildman–Crippen LogP) is 3.90. The monoisotopic (exact) mass is 325 g/mol. The summed E-state index contributed by atoms with van der Waals surface area (Å²) in [7, 11) is -3.57. The third kappa shape index (κ3) is 3.98. The lowest BCUT2D eigenvalue weighted by Crippen LogP contribution is -2.14. The molecule has 2 rings (SSSR count). The van der Waals surface area contributed by atoms with Crippen molar-refractivity contribution in [2.75, 3.05) is 4.72 Å². The molecular weight excluding hydrogens is 306 g/mol. The Labute approximate surface area is 129 Å². The van der Waals surface area contributed by atoms with Gasteiger partial charge in [-0.15, -0.1) is 11.3 Å². The van der Waals surface area contributed by atoms with Gasteiger partial charge in [-0.05, 0) is 44.5 Å². The maximum atomic E-state index is 12.4. The molecular formula is C15H19NO3S2. The number of nitrogens with one attached hydrogen (secondary N) is 1. The third-order valence-corrected chi connectivity index (χ3v) is 5.83. The smallest absolute Gasteiger partial charge is 0.271 e. The van der Waals surface area contributed by atoms with Gasteiger partial charge in [0.05, 0.1) is 11.8 Å². The zero-order valence-electron chi connectivity index (χ0n) is 12.3. The summed E-state index contributed by atoms with van der Waals surface area (Å²) in [5.41, 5.74) is 0.456. The van der Waals surface area contributed by atoms with Gasteiger partial charge in [0.2, 0.25) is 0 Å². The minimum Gasteiger partial charge on any atom is -0.489 e. The molecule has 1 N–H and O–H groups in total. The minimum absolute atomic E-state index is 0.0240. The Kier molecular flexibility index (Phi) is 4.90. The van der Waals surface area contributed by atoms with E-state index in [0.717, 1.165) is 11.3 Å². The van der Waals surface area contributed by atoms with Crippen molar-refractivity contribution in [2.45, 2.75) is 37.5 Å². The fourth-order valence-electron chi connectivity index (χ4n) is 1.80. The lowest BCUT2D eigenvalue weighted by molar-refractivity contribution is 0.244. The van der Waals surface area contributed by atoms with E-state index in [2.05, 4.69) is 4.72 Å². The molecule has 114 valence electrons. The lowest BCUT2D eigenvalue weighted by atomic mass is 10.3. The molecule has 1 aromatic heterocycles. The molecule has 0 spiro atoms. The highest BCUT2D eigenvalue weighted by Crippen LogP contribution is 2.29. The lowest BCUT2D eigenvalue weighted by Gasteiger charge is -2.15. The van der Waals surface area contributed by atoms with Crippen LogP contribution in [0.2, 0.25) is 0 Å². The Hall–Kier alpha value is -1.53. The largest absolute Gasteiger partial charge is 0.489 e. The van der Waals surface area contributed by atoms with Crippen LogP contribution in [0, 0.1) is 0 Å². The molecule has 0 amide bonds. The maximum Gasteiger partial charge on any atom is 0.271 e. The average molecular weight is 325 g/mol. The van der Waals surface area contributed by atoms with Crippen LogP contribution in [0.25, 0.3) is 0 Å². The van der Waals surface area contributed by atoms with E-state index in [-0.39, 0.29) is 6.10 Å². The number of anilines is 1. The number of para-hydroxylation sites is 2. The van der Waals surface area contributed by atoms with Crippen molar-refractivity contribution in [3.63, 3.8) is 0 Å². The van der Waals surface area contributed by atoms with Gasteiger partial charge in [-0.25, -0.2) is 8.42 Å². The van der Waals surface area contributed by atoms with E-state index < -0.39 is 10.0 Å². The van der Waals surface area contributed by atoms with Crippen molar-refractivity contribution in [3.05, 3.63) is 41.3 Å². The van der Waals surface area contributed by atoms with Crippen LogP contribution in [0.15, 0.2) is 40.6 Å². The standard InChI is InChI=1S/C15H19NO3S2/c1-4-12-9-10-15(20-12)21(17,18)16-13-7-5-6-8-14(13)19-11(2)3/h5-11,16H,4H2,1-3H3. The molecule has 0 saturated carbocycles. The van der Waals surface area contributed by atoms with E-state index in [0.29, 0.717) is 15.6 Å². The van der Waals surface area contributed by atoms with Crippen molar-refractivity contribution in [3.8, 4) is 5.75 Å². The number of rotatable bonds is 6. The molecule has 2 aromatic rings. The molecule has 0 radical (unpaired) electrons. The molecule has 1 aromatic carbocycles. The molecule has 0 atom stereocenters. The maximum absolute atomic E-state index is 12.4. The Morgan fingerprint density at radius 1 is 1.19 bits per heavy atom. The first-order chi connectivity index (χ1) is 9.92. The van der Waals surface area contributed by atoms with Gasteiger partial charge in [-0.3, -0.25) is 4.72 Å². The Morgan fingerprint density at radius 2 is 1.90 bits per heavy atom. The fraction of sp³-hybridized carbons (Fsp3) is 0.333. The number of benzene rings is 1. The summed E-state index contributed by atoms with van der Waals surface area (Å²) in [6, 6.07) is 10.5. The predicted molar refractivity (Wildman–Crippen MR) is 86.7 cm³/mol. The summed E-state index contributed by atoms with van der Waals surface area (Å²) in [6.45, 7) is 5.80. The second kappa shape index (κ2) is 6.49. The van der Waals surface area contributed by atoms with E-state index >= 15 is 0 Å². The van der Waals surface area contributed by atoms with Crippen LogP contribution in [0.4, 0.5) is 5.69 Å². The van der Waals surface area contributed by atoms with Crippen molar-refractivity contribution >= 4 is 27.0 Å². The molecule has 0 unspecified atom stereocenters. The van der Waals surface area contributed by atoms with Crippen molar-refractivity contribution < 1.29 is 13.2 Å². The molecule has 0 saturated heterocycles. The van der Waals surface area contributed by atoms with Crippen molar-refractivity contribution in [1.29, 1.82) is 0 Å². The number of hydrogen-bond acceptors (Lipinski definition) is 4. The second-order valence-corrected chi connectivity index (χ2v) is 7.92. The molecule has 0 aliphatic rings. The number of ether oxygens (including phenoxy) is 1. The quantitative estimate of drug-likeness (QED) is 0.876. The van der Waals surface area contributed by atoms with Gasteiger partial charge < -0.3 is 4.74 Å². The van der Waals surface area contributed by atoms with Crippen LogP contribution in [-0.2, 0) is 16.4 Å². The van der Waals surface area contributed by atoms with Gasteiger partial charge in [0.15, 0.2) is 0 Å². The Bertz CT molecular complexity index is 705. The van der Waals surface area contributed by atoms with Gasteiger partial charge in [0.25, 0.3) is 10.0 Å². The number of hydrogen-bond donors (Lipinski definition) is 1. The minimum atomic E-state index is -3.57. The Morgan fingerprint density at radius 3 is 2.52 bits per heavy atom. The fourth-order valence-corrected chi connectivity index (χ4v) is 4.16. The van der Waals surface area contributed by atoms with Crippen molar-refractivity contribution in [1.82, 2.24) is 0 Å². The van der Waals surface area contributed by atoms with Gasteiger partial charge >= 0.3 is 0 Å². The zero-order chi connectivity index (χ0) is 15.5. The summed E-state index contributed by atoms with van der Waals surface area (Å²) in [4.78, 5) is 1.04. The van der Waals surface area contributed by atoms with Crippen LogP contribution in [0.5, 0.6) is 5.75 Å². The highest BCUT2D eigenvalue weighted by molar-refractivity contribution is 7.94. The highest BCUT2D eigenvalue weighted by atomic mass is 32.2. The summed E-state index contributed by atoms with van der Waals surface area (Å²) in [5, 5.41) is 0. The number of thiophene rings is 1. The van der Waals surface area contributed by atoms with Crippen LogP contribution in [0.3, 0.4) is 0 Å². The van der Waals surface area contributed by atoms with E-state index in [1.165, 1.54) is 11.3 Å². The molecule has 0 bridgehead atoms. The first kappa shape index (κ1) is 15.9. The van der Waals surface area contributed by atoms with Crippen LogP contribution in [0.1, 0.15) is 25.6 Å². The summed E-state index contributed by atoms with van der Waals surface area (Å²) in [6.07, 6.45) is 0.803. The normalized spacial score (nSPS) is 11.6. The van der Waals surface area contributed by atoms with E-state index in [9.17, 15) is 8.42 Å². The first-order valence-corrected chi connectivity index (χ1v) is 9.09. The SMILES string of the molecule is CCc1ccc(S(=O)(=O)Nc2ccccc2OC(C)C)s1. The molecule has 21 heavy (non-hydrogen) atoms. The molecule has 0 aliphatic carbocycles. The van der Waals surface area contributed by atoms with Crippen LogP contribution < -0.4 is 9.46 Å². The molecule has 0 fully saturated rings. The molecule has 0 aliphatic heterocycles. The molecule has 6 heteroatoms. The van der Waals surface area contributed by atoms with E-state index in [1.807, 2.05) is 32.9 Å². The van der Waals surface area contributed by atoms with Crippen LogP contribution in [-0.4, -0.2) is 14.5 Å². The van der Waals surface area contributed by atoms with E-state index in [4.69, 9.17) is 4.74 Å². The van der Waals surface area contributed by atoms with Crippen molar-refractivity contribution in [2.24, 2.45) is 0 Å². The van der Waals surface area contributed by atoms with Gasteiger partial charge in [-0.1, -0.05) is 19.1 Å². The zero-order valence-corrected chi connectivity index (χ0v) is 13.9. The highest BCUT2D eigenvalue weighted by Gasteiger charge is 2.18. The summed E-state index contributed by atoms with van der Waals surface area (Å²) < 4.78 is 33.4. The third-order valence-electron chi connectivity index (χ3n) is 2.74. The molecule has 4 nitrogen and oxygen atoms in total. The number of aryl methyl sites for hydroxylation is 1. The average Bonchev–Trinajstić information content (AvgIpc) is 2.90. The summed E-state index contributed by atoms with van der Waals surface area (Å²) in [5.74, 6) is 0.531. The number of sulfonamides is 1. The summed E-state index contributed by atoms with van der Waals surface area (Å²) >= 11 is 1.29. The van der Waals surface area contributed by atoms with E-state index in [1.54, 1.807) is 24.3 Å². The van der Waals surface area contributed by atoms with Gasteiger partial charge in [-0.2, -0.15) is 0 Å². The molecule has 1 heterocycles. The second-order valence-electron chi connectivity index (χ2n) is 4.84. The van der Waals surface area contributed by atoms with Crippen LogP contribution >= 0.6 is 11.3 Å². The van der Waals surface area contributed by atoms with Gasteiger partial charge in [0, 0.05) is 4.88 Å². The first-order valence-electron chi connectivity index (χ1n) is 6.79. The Balaban J connectivity index is 2.28. The topological polar surface area (TPSA) is 55.4 Å². The van der Waals surface area contributed by atoms with Gasteiger partial charge in [0.1, 0.15) is 9.96 Å².